The molecule has 6 nitrogen and oxygen atoms in total. The average molecular weight is 321 g/mol. The lowest BCUT2D eigenvalue weighted by atomic mass is 10.1. The van der Waals surface area contributed by atoms with E-state index in [-0.39, 0.29) is 18.1 Å². The van der Waals surface area contributed by atoms with Crippen LogP contribution in [0.15, 0.2) is 30.9 Å². The molecule has 6 heteroatoms. The van der Waals surface area contributed by atoms with E-state index in [0.717, 1.165) is 0 Å². The van der Waals surface area contributed by atoms with Crippen LogP contribution in [0, 0.1) is 0 Å². The van der Waals surface area contributed by atoms with Crippen molar-refractivity contribution in [2.24, 2.45) is 0 Å². The molecule has 2 rings (SSSR count). The van der Waals surface area contributed by atoms with Gasteiger partial charge in [0.1, 0.15) is 30.3 Å². The average Bonchev–Trinajstić information content (AvgIpc) is 3.02. The lowest BCUT2D eigenvalue weighted by Crippen LogP contribution is -2.30. The summed E-state index contributed by atoms with van der Waals surface area (Å²) in [7, 11) is 4.81. The van der Waals surface area contributed by atoms with Gasteiger partial charge < -0.3 is 23.8 Å². The summed E-state index contributed by atoms with van der Waals surface area (Å²) in [4.78, 5) is 14.5. The highest BCUT2D eigenvalue weighted by atomic mass is 16.5. The third-order valence-corrected chi connectivity index (χ3v) is 3.88. The number of benzene rings is 1. The van der Waals surface area contributed by atoms with E-state index in [9.17, 15) is 4.79 Å². The molecule has 1 aromatic rings. The van der Waals surface area contributed by atoms with Gasteiger partial charge in [-0.1, -0.05) is 12.7 Å². The minimum Gasteiger partial charge on any atom is -0.497 e. The van der Waals surface area contributed by atoms with Gasteiger partial charge in [-0.05, 0) is 12.1 Å². The predicted molar refractivity (Wildman–Crippen MR) is 86.2 cm³/mol. The molecule has 1 heterocycles. The van der Waals surface area contributed by atoms with Gasteiger partial charge in [0, 0.05) is 33.4 Å². The molecule has 0 unspecified atom stereocenters. The maximum Gasteiger partial charge on any atom is 0.257 e. The van der Waals surface area contributed by atoms with E-state index in [2.05, 4.69) is 6.58 Å². The van der Waals surface area contributed by atoms with E-state index in [1.165, 1.54) is 0 Å². The number of nitrogens with zero attached hydrogens (tertiary/aromatic N) is 1. The zero-order chi connectivity index (χ0) is 16.8. The first-order chi connectivity index (χ1) is 11.1. The van der Waals surface area contributed by atoms with Crippen molar-refractivity contribution >= 4 is 5.91 Å². The smallest absolute Gasteiger partial charge is 0.257 e. The van der Waals surface area contributed by atoms with E-state index in [4.69, 9.17) is 18.9 Å². The van der Waals surface area contributed by atoms with Crippen LogP contribution in [0.5, 0.6) is 11.5 Å². The summed E-state index contributed by atoms with van der Waals surface area (Å²) in [6, 6.07) is 5.15. The Morgan fingerprint density at radius 1 is 1.26 bits per heavy atom. The molecule has 0 saturated carbocycles. The summed E-state index contributed by atoms with van der Waals surface area (Å²) in [6.45, 7) is 4.92. The zero-order valence-corrected chi connectivity index (χ0v) is 13.8. The van der Waals surface area contributed by atoms with Crippen molar-refractivity contribution in [1.29, 1.82) is 0 Å². The predicted octanol–water partition coefficient (Wildman–Crippen LogP) is 1.75. The van der Waals surface area contributed by atoms with Gasteiger partial charge in [0.2, 0.25) is 0 Å². The molecule has 0 aromatic heterocycles. The van der Waals surface area contributed by atoms with Crippen molar-refractivity contribution in [3.05, 3.63) is 36.4 Å². The van der Waals surface area contributed by atoms with Crippen LogP contribution in [0.2, 0.25) is 0 Å². The Morgan fingerprint density at radius 2 is 1.91 bits per heavy atom. The number of ether oxygens (including phenoxy) is 4. The van der Waals surface area contributed by atoms with Gasteiger partial charge in [-0.2, -0.15) is 0 Å². The summed E-state index contributed by atoms with van der Waals surface area (Å²) in [5.74, 6) is 0.990. The minimum absolute atomic E-state index is 0.117. The molecule has 0 aliphatic carbocycles. The summed E-state index contributed by atoms with van der Waals surface area (Å²) in [5.41, 5.74) is 0.485. The number of amides is 1. The van der Waals surface area contributed by atoms with Crippen LogP contribution in [-0.2, 0) is 9.47 Å². The van der Waals surface area contributed by atoms with Crippen molar-refractivity contribution in [2.75, 3.05) is 41.0 Å². The Morgan fingerprint density at radius 3 is 2.43 bits per heavy atom. The highest BCUT2D eigenvalue weighted by Gasteiger charge is 2.36. The summed E-state index contributed by atoms with van der Waals surface area (Å²) >= 11 is 0. The molecule has 2 atom stereocenters. The number of methoxy groups -OCH3 is 3. The van der Waals surface area contributed by atoms with E-state index >= 15 is 0 Å². The monoisotopic (exact) mass is 321 g/mol. The van der Waals surface area contributed by atoms with Crippen LogP contribution in [0.4, 0.5) is 0 Å². The Hall–Kier alpha value is -2.05. The maximum atomic E-state index is 12.8. The van der Waals surface area contributed by atoms with Crippen molar-refractivity contribution < 1.29 is 23.7 Å². The number of rotatable bonds is 7. The third-order valence-electron chi connectivity index (χ3n) is 3.88. The van der Waals surface area contributed by atoms with Gasteiger partial charge in [0.25, 0.3) is 5.91 Å². The Kier molecular flexibility index (Phi) is 6.01. The van der Waals surface area contributed by atoms with Gasteiger partial charge in [0.05, 0.1) is 12.7 Å². The van der Waals surface area contributed by atoms with Gasteiger partial charge >= 0.3 is 0 Å². The molecule has 0 spiro atoms. The van der Waals surface area contributed by atoms with Crippen molar-refractivity contribution in [3.63, 3.8) is 0 Å². The number of hydrogen-bond acceptors (Lipinski definition) is 5. The molecule has 126 valence electrons. The Balaban J connectivity index is 2.23. The molecular weight excluding hydrogens is 298 g/mol. The van der Waals surface area contributed by atoms with Crippen molar-refractivity contribution in [3.8, 4) is 11.5 Å². The van der Waals surface area contributed by atoms with Gasteiger partial charge in [0.15, 0.2) is 0 Å². The second kappa shape index (κ2) is 7.99. The molecule has 1 aromatic carbocycles. The summed E-state index contributed by atoms with van der Waals surface area (Å²) in [5, 5.41) is 0. The third kappa shape index (κ3) is 3.83. The molecule has 1 fully saturated rings. The van der Waals surface area contributed by atoms with Gasteiger partial charge in [-0.25, -0.2) is 0 Å². The largest absolute Gasteiger partial charge is 0.497 e. The first-order valence-corrected chi connectivity index (χ1v) is 7.41. The highest BCUT2D eigenvalue weighted by Crippen LogP contribution is 2.28. The summed E-state index contributed by atoms with van der Waals surface area (Å²) < 4.78 is 21.6. The maximum absolute atomic E-state index is 12.8. The quantitative estimate of drug-likeness (QED) is 0.716. The molecule has 0 radical (unpaired) electrons. The molecule has 1 amide bonds. The molecule has 23 heavy (non-hydrogen) atoms. The van der Waals surface area contributed by atoms with Crippen LogP contribution < -0.4 is 9.47 Å². The van der Waals surface area contributed by atoms with Crippen molar-refractivity contribution in [1.82, 2.24) is 4.90 Å². The molecule has 1 aliphatic heterocycles. The lowest BCUT2D eigenvalue weighted by molar-refractivity contribution is -0.00461. The number of carbonyl (C=O) groups is 1. The minimum atomic E-state index is -0.125. The topological polar surface area (TPSA) is 57.2 Å². The fourth-order valence-corrected chi connectivity index (χ4v) is 2.61. The standard InChI is InChI=1S/C17H23NO5/c1-5-8-23-14-9-12(20-2)6-7-13(14)17(19)18-10-15(21-3)16(11-18)22-4/h5-7,9,15-16H,1,8,10-11H2,2-4H3/t15-,16-/m1/s1. The molecule has 0 bridgehead atoms. The zero-order valence-electron chi connectivity index (χ0n) is 13.8. The highest BCUT2D eigenvalue weighted by molar-refractivity contribution is 5.97. The molecule has 0 N–H and O–H groups in total. The van der Waals surface area contributed by atoms with E-state index in [0.29, 0.717) is 36.8 Å². The summed E-state index contributed by atoms with van der Waals surface area (Å²) in [6.07, 6.45) is 1.38. The number of carbonyl (C=O) groups excluding carboxylic acids is 1. The Bertz CT molecular complexity index is 548. The van der Waals surface area contributed by atoms with E-state index in [1.807, 2.05) is 0 Å². The fraction of sp³-hybridized carbons (Fsp3) is 0.471. The number of hydrogen-bond donors (Lipinski definition) is 0. The second-order valence-electron chi connectivity index (χ2n) is 5.22. The van der Waals surface area contributed by atoms with E-state index < -0.39 is 0 Å². The van der Waals surface area contributed by atoms with Crippen LogP contribution in [-0.4, -0.2) is 64.0 Å². The number of likely N-dealkylation sites (tertiary alicyclic amines) is 1. The van der Waals surface area contributed by atoms with Crippen molar-refractivity contribution in [2.45, 2.75) is 12.2 Å². The van der Waals surface area contributed by atoms with Crippen LogP contribution in [0.25, 0.3) is 0 Å². The first kappa shape index (κ1) is 17.3. The molecule has 1 aliphatic rings. The SMILES string of the molecule is C=CCOc1cc(OC)ccc1C(=O)N1C[C@@H](OC)[C@H](OC)C1. The van der Waals surface area contributed by atoms with Gasteiger partial charge in [-0.15, -0.1) is 0 Å². The first-order valence-electron chi connectivity index (χ1n) is 7.41. The van der Waals surface area contributed by atoms with Crippen LogP contribution in [0.3, 0.4) is 0 Å². The normalized spacial score (nSPS) is 20.4. The van der Waals surface area contributed by atoms with E-state index in [1.54, 1.807) is 50.5 Å². The van der Waals surface area contributed by atoms with Crippen LogP contribution in [0.1, 0.15) is 10.4 Å². The molecule has 1 saturated heterocycles. The Labute approximate surface area is 136 Å². The fourth-order valence-electron chi connectivity index (χ4n) is 2.61. The lowest BCUT2D eigenvalue weighted by Gasteiger charge is -2.18. The second-order valence-corrected chi connectivity index (χ2v) is 5.22. The molecular formula is C17H23NO5. The van der Waals surface area contributed by atoms with Crippen LogP contribution >= 0.6 is 0 Å². The van der Waals surface area contributed by atoms with Gasteiger partial charge in [-0.3, -0.25) is 4.79 Å².